The fourth-order valence-electron chi connectivity index (χ4n) is 2.83. The summed E-state index contributed by atoms with van der Waals surface area (Å²) in [5, 5.41) is 3.40. The number of amides is 1. The van der Waals surface area contributed by atoms with Crippen LogP contribution in [0.3, 0.4) is 0 Å². The summed E-state index contributed by atoms with van der Waals surface area (Å²) in [4.78, 5) is 14.7. The molecule has 0 bridgehead atoms. The average molecular weight is 276 g/mol. The molecule has 102 valence electrons. The number of fused-ring (bicyclic) bond motifs is 1. The fraction of sp³-hybridized carbons (Fsp3) is 0.533. The first-order valence-electron chi connectivity index (χ1n) is 7.09. The lowest BCUT2D eigenvalue weighted by molar-refractivity contribution is 0.0767. The maximum absolute atomic E-state index is 12.7. The second-order valence-corrected chi connectivity index (χ2v) is 6.34. The van der Waals surface area contributed by atoms with Gasteiger partial charge in [0.25, 0.3) is 5.91 Å². The number of anilines is 1. The molecule has 2 aliphatic rings. The Morgan fingerprint density at radius 1 is 1.21 bits per heavy atom. The molecule has 0 saturated carbocycles. The first kappa shape index (κ1) is 12.9. The molecule has 0 spiro atoms. The number of carbonyl (C=O) groups is 1. The molecule has 19 heavy (non-hydrogen) atoms. The van der Waals surface area contributed by atoms with Gasteiger partial charge in [0, 0.05) is 36.6 Å². The zero-order chi connectivity index (χ0) is 13.1. The van der Waals surface area contributed by atoms with Gasteiger partial charge in [-0.1, -0.05) is 6.07 Å². The van der Waals surface area contributed by atoms with E-state index in [1.54, 1.807) is 0 Å². The lowest BCUT2D eigenvalue weighted by Gasteiger charge is -2.25. The van der Waals surface area contributed by atoms with Crippen molar-refractivity contribution < 1.29 is 4.79 Å². The molecule has 1 N–H and O–H groups in total. The maximum atomic E-state index is 12.7. The molecule has 0 atom stereocenters. The Bertz CT molecular complexity index is 467. The normalized spacial score (nSPS) is 19.3. The number of nitrogens with one attached hydrogen (secondary N) is 1. The number of carbonyl (C=O) groups excluding carboxylic acids is 1. The first-order chi connectivity index (χ1) is 9.36. The Kier molecular flexibility index (Phi) is 3.97. The molecule has 1 fully saturated rings. The van der Waals surface area contributed by atoms with Gasteiger partial charge in [0.05, 0.1) is 0 Å². The average Bonchev–Trinajstić information content (AvgIpc) is 2.75. The van der Waals surface area contributed by atoms with E-state index in [1.807, 2.05) is 28.8 Å². The van der Waals surface area contributed by atoms with Crippen LogP contribution in [0.15, 0.2) is 18.2 Å². The largest absolute Gasteiger partial charge is 0.385 e. The summed E-state index contributed by atoms with van der Waals surface area (Å²) in [6.45, 7) is 2.81. The summed E-state index contributed by atoms with van der Waals surface area (Å²) in [5.41, 5.74) is 3.29. The topological polar surface area (TPSA) is 32.3 Å². The van der Waals surface area contributed by atoms with E-state index in [1.165, 1.54) is 11.3 Å². The van der Waals surface area contributed by atoms with Gasteiger partial charge in [-0.3, -0.25) is 4.79 Å². The van der Waals surface area contributed by atoms with Crippen LogP contribution in [0.4, 0.5) is 5.69 Å². The van der Waals surface area contributed by atoms with E-state index in [9.17, 15) is 4.79 Å². The minimum Gasteiger partial charge on any atom is -0.385 e. The van der Waals surface area contributed by atoms with Gasteiger partial charge >= 0.3 is 0 Å². The molecule has 0 aliphatic carbocycles. The maximum Gasteiger partial charge on any atom is 0.254 e. The van der Waals surface area contributed by atoms with Crippen molar-refractivity contribution in [3.63, 3.8) is 0 Å². The van der Waals surface area contributed by atoms with Crippen LogP contribution < -0.4 is 5.32 Å². The highest BCUT2D eigenvalue weighted by Gasteiger charge is 2.22. The second-order valence-electron chi connectivity index (χ2n) is 5.12. The summed E-state index contributed by atoms with van der Waals surface area (Å²) in [7, 11) is 0. The Morgan fingerprint density at radius 3 is 3.11 bits per heavy atom. The van der Waals surface area contributed by atoms with E-state index >= 15 is 0 Å². The van der Waals surface area contributed by atoms with E-state index in [0.29, 0.717) is 0 Å². The summed E-state index contributed by atoms with van der Waals surface area (Å²) >= 11 is 1.95. The predicted molar refractivity (Wildman–Crippen MR) is 81.1 cm³/mol. The second kappa shape index (κ2) is 5.87. The van der Waals surface area contributed by atoms with Gasteiger partial charge in [-0.15, -0.1) is 0 Å². The van der Waals surface area contributed by atoms with Crippen molar-refractivity contribution in [1.29, 1.82) is 0 Å². The zero-order valence-electron chi connectivity index (χ0n) is 11.2. The standard InChI is InChI=1S/C15H20N2OS/c18-15(17-8-3-10-19-11-9-17)13-4-1-6-14-12(13)5-2-7-16-14/h1,4,6,16H,2-3,5,7-11H2. The van der Waals surface area contributed by atoms with Crippen LogP contribution in [-0.2, 0) is 6.42 Å². The lowest BCUT2D eigenvalue weighted by atomic mass is 9.97. The van der Waals surface area contributed by atoms with Gasteiger partial charge in [-0.05, 0) is 42.7 Å². The molecule has 3 rings (SSSR count). The molecule has 4 heteroatoms. The van der Waals surface area contributed by atoms with Crippen molar-refractivity contribution >= 4 is 23.4 Å². The fourth-order valence-corrected chi connectivity index (χ4v) is 3.72. The van der Waals surface area contributed by atoms with Crippen LogP contribution in [-0.4, -0.2) is 41.9 Å². The molecule has 0 unspecified atom stereocenters. The monoisotopic (exact) mass is 276 g/mol. The van der Waals surface area contributed by atoms with Crippen LogP contribution in [0.2, 0.25) is 0 Å². The lowest BCUT2D eigenvalue weighted by Crippen LogP contribution is -2.34. The Morgan fingerprint density at radius 2 is 2.16 bits per heavy atom. The minimum absolute atomic E-state index is 0.225. The first-order valence-corrected chi connectivity index (χ1v) is 8.24. The van der Waals surface area contributed by atoms with E-state index in [2.05, 4.69) is 11.4 Å². The molecule has 1 amide bonds. The SMILES string of the molecule is O=C(c1cccc2c1CCCN2)N1CCCSCC1. The number of thioether (sulfide) groups is 1. The smallest absolute Gasteiger partial charge is 0.254 e. The van der Waals surface area contributed by atoms with E-state index in [0.717, 1.165) is 55.9 Å². The molecular weight excluding hydrogens is 256 g/mol. The Hall–Kier alpha value is -1.16. The van der Waals surface area contributed by atoms with Crippen molar-refractivity contribution in [2.75, 3.05) is 36.5 Å². The number of rotatable bonds is 1. The van der Waals surface area contributed by atoms with Gasteiger partial charge in [-0.2, -0.15) is 11.8 Å². The molecule has 2 heterocycles. The van der Waals surface area contributed by atoms with Crippen molar-refractivity contribution in [3.8, 4) is 0 Å². The summed E-state index contributed by atoms with van der Waals surface area (Å²) < 4.78 is 0. The molecule has 1 aromatic rings. The highest BCUT2D eigenvalue weighted by Crippen LogP contribution is 2.26. The van der Waals surface area contributed by atoms with Crippen molar-refractivity contribution in [2.24, 2.45) is 0 Å². The van der Waals surface area contributed by atoms with Crippen LogP contribution in [0.5, 0.6) is 0 Å². The number of hydrogen-bond acceptors (Lipinski definition) is 3. The van der Waals surface area contributed by atoms with Crippen LogP contribution in [0.1, 0.15) is 28.8 Å². The van der Waals surface area contributed by atoms with E-state index in [-0.39, 0.29) is 5.91 Å². The van der Waals surface area contributed by atoms with Gasteiger partial charge in [0.1, 0.15) is 0 Å². The van der Waals surface area contributed by atoms with Gasteiger partial charge < -0.3 is 10.2 Å². The summed E-state index contributed by atoms with van der Waals surface area (Å²) in [5.74, 6) is 2.47. The summed E-state index contributed by atoms with van der Waals surface area (Å²) in [6, 6.07) is 6.08. The molecule has 0 aromatic heterocycles. The molecule has 1 saturated heterocycles. The van der Waals surface area contributed by atoms with Gasteiger partial charge in [0.15, 0.2) is 0 Å². The van der Waals surface area contributed by atoms with Crippen molar-refractivity contribution in [3.05, 3.63) is 29.3 Å². The minimum atomic E-state index is 0.225. The number of hydrogen-bond donors (Lipinski definition) is 1. The molecule has 0 radical (unpaired) electrons. The molecule has 2 aliphatic heterocycles. The van der Waals surface area contributed by atoms with Crippen LogP contribution >= 0.6 is 11.8 Å². The van der Waals surface area contributed by atoms with Gasteiger partial charge in [0.2, 0.25) is 0 Å². The third kappa shape index (κ3) is 2.73. The quantitative estimate of drug-likeness (QED) is 0.856. The number of nitrogens with zero attached hydrogens (tertiary/aromatic N) is 1. The Balaban J connectivity index is 1.86. The Labute approximate surface area is 118 Å². The third-order valence-electron chi connectivity index (χ3n) is 3.83. The zero-order valence-corrected chi connectivity index (χ0v) is 12.0. The van der Waals surface area contributed by atoms with Gasteiger partial charge in [-0.25, -0.2) is 0 Å². The van der Waals surface area contributed by atoms with Crippen LogP contribution in [0.25, 0.3) is 0 Å². The van der Waals surface area contributed by atoms with Crippen molar-refractivity contribution in [2.45, 2.75) is 19.3 Å². The van der Waals surface area contributed by atoms with Crippen molar-refractivity contribution in [1.82, 2.24) is 4.90 Å². The molecular formula is C15H20N2OS. The third-order valence-corrected chi connectivity index (χ3v) is 4.88. The van der Waals surface area contributed by atoms with E-state index in [4.69, 9.17) is 0 Å². The highest BCUT2D eigenvalue weighted by atomic mass is 32.2. The van der Waals surface area contributed by atoms with E-state index < -0.39 is 0 Å². The van der Waals surface area contributed by atoms with Crippen LogP contribution in [0, 0.1) is 0 Å². The number of benzene rings is 1. The molecule has 1 aromatic carbocycles. The summed E-state index contributed by atoms with van der Waals surface area (Å²) in [6.07, 6.45) is 3.25. The predicted octanol–water partition coefficient (Wildman–Crippen LogP) is 2.62. The molecule has 3 nitrogen and oxygen atoms in total. The highest BCUT2D eigenvalue weighted by molar-refractivity contribution is 7.99.